The number of aryl methyl sites for hydroxylation is 2. The van der Waals surface area contributed by atoms with Crippen molar-refractivity contribution in [3.8, 4) is 0 Å². The molecule has 4 nitrogen and oxygen atoms in total. The molecule has 0 amide bonds. The fourth-order valence-corrected chi connectivity index (χ4v) is 1.25. The van der Waals surface area contributed by atoms with E-state index < -0.39 is 6.10 Å². The van der Waals surface area contributed by atoms with E-state index >= 15 is 0 Å². The van der Waals surface area contributed by atoms with E-state index in [0.717, 1.165) is 11.3 Å². The monoisotopic (exact) mass is 169 g/mol. The average molecular weight is 169 g/mol. The lowest BCUT2D eigenvalue weighted by atomic mass is 10.1. The van der Waals surface area contributed by atoms with Crippen LogP contribution in [0.15, 0.2) is 6.20 Å². The second-order valence-corrected chi connectivity index (χ2v) is 2.96. The molecule has 1 aromatic rings. The lowest BCUT2D eigenvalue weighted by Gasteiger charge is -2.05. The van der Waals surface area contributed by atoms with Crippen LogP contribution in [0, 0.1) is 6.92 Å². The Balaban J connectivity index is 2.79. The van der Waals surface area contributed by atoms with Gasteiger partial charge in [0.15, 0.2) is 0 Å². The van der Waals surface area contributed by atoms with Gasteiger partial charge in [-0.3, -0.25) is 4.68 Å². The summed E-state index contributed by atoms with van der Waals surface area (Å²) >= 11 is 0. The van der Waals surface area contributed by atoms with Gasteiger partial charge in [-0.2, -0.15) is 5.10 Å². The van der Waals surface area contributed by atoms with E-state index in [1.807, 2.05) is 20.2 Å². The van der Waals surface area contributed by atoms with Gasteiger partial charge >= 0.3 is 0 Å². The van der Waals surface area contributed by atoms with Crippen molar-refractivity contribution in [3.05, 3.63) is 17.5 Å². The van der Waals surface area contributed by atoms with Crippen LogP contribution in [0.1, 0.15) is 23.8 Å². The van der Waals surface area contributed by atoms with Gasteiger partial charge in [-0.1, -0.05) is 0 Å². The Morgan fingerprint density at radius 1 is 1.75 bits per heavy atom. The van der Waals surface area contributed by atoms with Crippen molar-refractivity contribution >= 4 is 0 Å². The van der Waals surface area contributed by atoms with Gasteiger partial charge in [-0.25, -0.2) is 0 Å². The first kappa shape index (κ1) is 9.22. The van der Waals surface area contributed by atoms with Crippen LogP contribution in [0.5, 0.6) is 0 Å². The van der Waals surface area contributed by atoms with Crippen molar-refractivity contribution in [1.29, 1.82) is 0 Å². The summed E-state index contributed by atoms with van der Waals surface area (Å²) in [7, 11) is 1.84. The zero-order valence-corrected chi connectivity index (χ0v) is 7.49. The van der Waals surface area contributed by atoms with Gasteiger partial charge in [-0.05, 0) is 25.5 Å². The molecule has 0 aromatic carbocycles. The van der Waals surface area contributed by atoms with Gasteiger partial charge in [0.2, 0.25) is 0 Å². The molecule has 0 aliphatic carbocycles. The first-order chi connectivity index (χ1) is 5.65. The highest BCUT2D eigenvalue weighted by atomic mass is 16.3. The maximum Gasteiger partial charge on any atom is 0.0993 e. The summed E-state index contributed by atoms with van der Waals surface area (Å²) in [6, 6.07) is 0. The Hall–Kier alpha value is -0.870. The van der Waals surface area contributed by atoms with Crippen molar-refractivity contribution in [2.45, 2.75) is 19.4 Å². The predicted molar refractivity (Wildman–Crippen MR) is 46.6 cm³/mol. The number of hydrogen-bond donors (Lipinski definition) is 2. The van der Waals surface area contributed by atoms with Crippen molar-refractivity contribution in [3.63, 3.8) is 0 Å². The van der Waals surface area contributed by atoms with Crippen molar-refractivity contribution < 1.29 is 5.11 Å². The first-order valence-corrected chi connectivity index (χ1v) is 4.03. The predicted octanol–water partition coefficient (Wildman–Crippen LogP) is 0.111. The molecule has 0 radical (unpaired) electrons. The van der Waals surface area contributed by atoms with Crippen molar-refractivity contribution in [1.82, 2.24) is 9.78 Å². The molecular formula is C8H15N3O. The molecular weight excluding hydrogens is 154 g/mol. The Morgan fingerprint density at radius 3 is 2.83 bits per heavy atom. The Morgan fingerprint density at radius 2 is 2.42 bits per heavy atom. The summed E-state index contributed by atoms with van der Waals surface area (Å²) in [5.41, 5.74) is 7.08. The molecule has 1 unspecified atom stereocenters. The molecule has 1 aromatic heterocycles. The number of nitrogens with zero attached hydrogens (tertiary/aromatic N) is 2. The lowest BCUT2D eigenvalue weighted by molar-refractivity contribution is 0.164. The van der Waals surface area contributed by atoms with Crippen molar-refractivity contribution in [2.75, 3.05) is 6.54 Å². The van der Waals surface area contributed by atoms with Gasteiger partial charge in [0.1, 0.15) is 0 Å². The van der Waals surface area contributed by atoms with Crippen LogP contribution in [0.3, 0.4) is 0 Å². The summed E-state index contributed by atoms with van der Waals surface area (Å²) in [5.74, 6) is 0. The van der Waals surface area contributed by atoms with E-state index in [-0.39, 0.29) is 0 Å². The maximum absolute atomic E-state index is 9.56. The molecule has 68 valence electrons. The van der Waals surface area contributed by atoms with Crippen molar-refractivity contribution in [2.24, 2.45) is 12.8 Å². The zero-order valence-electron chi connectivity index (χ0n) is 7.49. The standard InChI is InChI=1S/C8H15N3O/c1-6-5-11(2)10-8(6)7(12)3-4-9/h5,7,12H,3-4,9H2,1-2H3. The highest BCUT2D eigenvalue weighted by Gasteiger charge is 2.12. The van der Waals surface area contributed by atoms with E-state index in [1.165, 1.54) is 0 Å². The van der Waals surface area contributed by atoms with E-state index in [1.54, 1.807) is 4.68 Å². The molecule has 1 atom stereocenters. The summed E-state index contributed by atoms with van der Waals surface area (Å²) < 4.78 is 1.70. The molecule has 0 saturated carbocycles. The Labute approximate surface area is 72.0 Å². The van der Waals surface area contributed by atoms with Gasteiger partial charge < -0.3 is 10.8 Å². The third kappa shape index (κ3) is 1.84. The fraction of sp³-hybridized carbons (Fsp3) is 0.625. The van der Waals surface area contributed by atoms with Crippen LogP contribution in [-0.4, -0.2) is 21.4 Å². The Kier molecular flexibility index (Phi) is 2.83. The normalized spacial score (nSPS) is 13.3. The minimum atomic E-state index is -0.517. The molecule has 12 heavy (non-hydrogen) atoms. The van der Waals surface area contributed by atoms with Gasteiger partial charge in [-0.15, -0.1) is 0 Å². The van der Waals surface area contributed by atoms with E-state index in [4.69, 9.17) is 5.73 Å². The number of aliphatic hydroxyl groups is 1. The second-order valence-electron chi connectivity index (χ2n) is 2.96. The smallest absolute Gasteiger partial charge is 0.0993 e. The molecule has 1 rings (SSSR count). The van der Waals surface area contributed by atoms with Gasteiger partial charge in [0.05, 0.1) is 11.8 Å². The number of hydrogen-bond acceptors (Lipinski definition) is 3. The topological polar surface area (TPSA) is 64.1 Å². The highest BCUT2D eigenvalue weighted by Crippen LogP contribution is 2.17. The summed E-state index contributed by atoms with van der Waals surface area (Å²) in [5, 5.41) is 13.7. The molecule has 0 aliphatic rings. The third-order valence-corrected chi connectivity index (χ3v) is 1.81. The minimum absolute atomic E-state index is 0.483. The van der Waals surface area contributed by atoms with Gasteiger partial charge in [0.25, 0.3) is 0 Å². The molecule has 3 N–H and O–H groups in total. The second kappa shape index (κ2) is 3.69. The largest absolute Gasteiger partial charge is 0.387 e. The number of aromatic nitrogens is 2. The molecule has 0 bridgehead atoms. The zero-order chi connectivity index (χ0) is 9.14. The van der Waals surface area contributed by atoms with Crippen LogP contribution >= 0.6 is 0 Å². The van der Waals surface area contributed by atoms with Crippen LogP contribution in [0.2, 0.25) is 0 Å². The molecule has 0 fully saturated rings. The number of nitrogens with two attached hydrogens (primary N) is 1. The highest BCUT2D eigenvalue weighted by molar-refractivity contribution is 5.16. The fourth-order valence-electron chi connectivity index (χ4n) is 1.25. The molecule has 1 heterocycles. The average Bonchev–Trinajstić information content (AvgIpc) is 2.30. The molecule has 4 heteroatoms. The number of rotatable bonds is 3. The first-order valence-electron chi connectivity index (χ1n) is 4.03. The van der Waals surface area contributed by atoms with Gasteiger partial charge in [0, 0.05) is 13.2 Å². The summed E-state index contributed by atoms with van der Waals surface area (Å²) in [6.07, 6.45) is 1.93. The molecule has 0 aliphatic heterocycles. The summed E-state index contributed by atoms with van der Waals surface area (Å²) in [4.78, 5) is 0. The quantitative estimate of drug-likeness (QED) is 0.675. The number of aliphatic hydroxyl groups excluding tert-OH is 1. The lowest BCUT2D eigenvalue weighted by Crippen LogP contribution is -2.08. The van der Waals surface area contributed by atoms with Crippen LogP contribution in [-0.2, 0) is 7.05 Å². The molecule has 0 spiro atoms. The Bertz CT molecular complexity index is 257. The molecule has 0 saturated heterocycles. The van der Waals surface area contributed by atoms with E-state index in [9.17, 15) is 5.11 Å². The minimum Gasteiger partial charge on any atom is -0.387 e. The van der Waals surface area contributed by atoms with Crippen LogP contribution in [0.25, 0.3) is 0 Å². The maximum atomic E-state index is 9.56. The van der Waals surface area contributed by atoms with E-state index in [2.05, 4.69) is 5.10 Å². The summed E-state index contributed by atoms with van der Waals surface area (Å²) in [6.45, 7) is 2.42. The van der Waals surface area contributed by atoms with Crippen LogP contribution in [0.4, 0.5) is 0 Å². The third-order valence-electron chi connectivity index (χ3n) is 1.81. The van der Waals surface area contributed by atoms with E-state index in [0.29, 0.717) is 13.0 Å². The SMILES string of the molecule is Cc1cn(C)nc1C(O)CCN. The van der Waals surface area contributed by atoms with Crippen LogP contribution < -0.4 is 5.73 Å².